The number of hydrogen-bond acceptors (Lipinski definition) is 3. The molecule has 110 valence electrons. The molecule has 3 nitrogen and oxygen atoms in total. The molecular formula is C18H16N2OS. The van der Waals surface area contributed by atoms with Gasteiger partial charge in [0, 0.05) is 10.9 Å². The standard InChI is InChI=1S/C18H16N2OS/c1-13-7-9-15(10-8-13)16-12-22-18(19-16)20-17(21)11-14-5-3-2-4-6-14/h2-10,12H,11H2,1H3,(H,19,20,21). The monoisotopic (exact) mass is 308 g/mol. The van der Waals surface area contributed by atoms with Crippen LogP contribution in [0.1, 0.15) is 11.1 Å². The van der Waals surface area contributed by atoms with E-state index in [9.17, 15) is 4.79 Å². The molecule has 0 saturated heterocycles. The topological polar surface area (TPSA) is 42.0 Å². The number of hydrogen-bond donors (Lipinski definition) is 1. The Morgan fingerprint density at radius 2 is 1.82 bits per heavy atom. The minimum atomic E-state index is -0.0454. The predicted molar refractivity (Wildman–Crippen MR) is 91.1 cm³/mol. The normalized spacial score (nSPS) is 10.4. The van der Waals surface area contributed by atoms with Crippen molar-refractivity contribution in [2.75, 3.05) is 5.32 Å². The van der Waals surface area contributed by atoms with E-state index in [1.165, 1.54) is 16.9 Å². The Morgan fingerprint density at radius 3 is 2.55 bits per heavy atom. The van der Waals surface area contributed by atoms with E-state index in [-0.39, 0.29) is 5.91 Å². The Hall–Kier alpha value is -2.46. The van der Waals surface area contributed by atoms with Gasteiger partial charge in [0.15, 0.2) is 5.13 Å². The number of nitrogens with zero attached hydrogens (tertiary/aromatic N) is 1. The fourth-order valence-electron chi connectivity index (χ4n) is 2.13. The molecule has 0 unspecified atom stereocenters. The summed E-state index contributed by atoms with van der Waals surface area (Å²) in [6, 6.07) is 17.9. The van der Waals surface area contributed by atoms with Crippen LogP contribution in [0.5, 0.6) is 0 Å². The smallest absolute Gasteiger partial charge is 0.230 e. The third-order valence-corrected chi connectivity index (χ3v) is 4.06. The predicted octanol–water partition coefficient (Wildman–Crippen LogP) is 4.30. The Labute approximate surface area is 133 Å². The van der Waals surface area contributed by atoms with Gasteiger partial charge in [-0.3, -0.25) is 4.79 Å². The summed E-state index contributed by atoms with van der Waals surface area (Å²) in [5.41, 5.74) is 4.16. The lowest BCUT2D eigenvalue weighted by Gasteiger charge is -2.01. The summed E-state index contributed by atoms with van der Waals surface area (Å²) in [6.45, 7) is 2.06. The maximum Gasteiger partial charge on any atom is 0.230 e. The third-order valence-electron chi connectivity index (χ3n) is 3.31. The lowest BCUT2D eigenvalue weighted by molar-refractivity contribution is -0.115. The van der Waals surface area contributed by atoms with Crippen molar-refractivity contribution in [3.8, 4) is 11.3 Å². The quantitative estimate of drug-likeness (QED) is 0.781. The largest absolute Gasteiger partial charge is 0.302 e. The van der Waals surface area contributed by atoms with Crippen molar-refractivity contribution in [2.24, 2.45) is 0 Å². The van der Waals surface area contributed by atoms with Gasteiger partial charge in [-0.05, 0) is 12.5 Å². The van der Waals surface area contributed by atoms with Gasteiger partial charge >= 0.3 is 0 Å². The summed E-state index contributed by atoms with van der Waals surface area (Å²) in [5, 5.41) is 5.46. The molecule has 4 heteroatoms. The van der Waals surface area contributed by atoms with Crippen molar-refractivity contribution >= 4 is 22.4 Å². The molecule has 0 bridgehead atoms. The van der Waals surface area contributed by atoms with E-state index >= 15 is 0 Å². The van der Waals surface area contributed by atoms with E-state index in [0.717, 1.165) is 16.8 Å². The molecule has 22 heavy (non-hydrogen) atoms. The number of carbonyl (C=O) groups is 1. The van der Waals surface area contributed by atoms with E-state index in [0.29, 0.717) is 11.6 Å². The highest BCUT2D eigenvalue weighted by Crippen LogP contribution is 2.25. The van der Waals surface area contributed by atoms with Crippen LogP contribution in [-0.4, -0.2) is 10.9 Å². The van der Waals surface area contributed by atoms with E-state index in [2.05, 4.69) is 29.4 Å². The summed E-state index contributed by atoms with van der Waals surface area (Å²) in [5.74, 6) is -0.0454. The molecule has 0 spiro atoms. The average Bonchev–Trinajstić information content (AvgIpc) is 2.97. The minimum Gasteiger partial charge on any atom is -0.302 e. The SMILES string of the molecule is Cc1ccc(-c2csc(NC(=O)Cc3ccccc3)n2)cc1. The number of benzene rings is 2. The zero-order chi connectivity index (χ0) is 15.4. The van der Waals surface area contributed by atoms with Crippen LogP contribution in [0.4, 0.5) is 5.13 Å². The second kappa shape index (κ2) is 6.54. The van der Waals surface area contributed by atoms with Gasteiger partial charge in [-0.2, -0.15) is 0 Å². The van der Waals surface area contributed by atoms with Crippen molar-refractivity contribution in [1.82, 2.24) is 4.98 Å². The first kappa shape index (κ1) is 14.5. The molecule has 3 aromatic rings. The van der Waals surface area contributed by atoms with Crippen LogP contribution in [0.15, 0.2) is 60.0 Å². The van der Waals surface area contributed by atoms with Crippen LogP contribution in [0.25, 0.3) is 11.3 Å². The molecule has 3 rings (SSSR count). The van der Waals surface area contributed by atoms with Gasteiger partial charge in [-0.1, -0.05) is 60.2 Å². The molecule has 1 N–H and O–H groups in total. The summed E-state index contributed by atoms with van der Waals surface area (Å²) >= 11 is 1.44. The van der Waals surface area contributed by atoms with E-state index < -0.39 is 0 Å². The Kier molecular flexibility index (Phi) is 4.30. The molecule has 2 aromatic carbocycles. The van der Waals surface area contributed by atoms with Crippen LogP contribution in [-0.2, 0) is 11.2 Å². The zero-order valence-electron chi connectivity index (χ0n) is 12.2. The fourth-order valence-corrected chi connectivity index (χ4v) is 2.87. The number of nitrogens with one attached hydrogen (secondary N) is 1. The number of aromatic nitrogens is 1. The maximum absolute atomic E-state index is 12.0. The van der Waals surface area contributed by atoms with Crippen molar-refractivity contribution in [3.05, 3.63) is 71.1 Å². The first-order chi connectivity index (χ1) is 10.7. The first-order valence-electron chi connectivity index (χ1n) is 7.07. The van der Waals surface area contributed by atoms with Gasteiger partial charge in [0.2, 0.25) is 5.91 Å². The Balaban J connectivity index is 1.66. The van der Waals surface area contributed by atoms with Crippen molar-refractivity contribution in [1.29, 1.82) is 0 Å². The number of carbonyl (C=O) groups excluding carboxylic acids is 1. The van der Waals surface area contributed by atoms with Crippen LogP contribution < -0.4 is 5.32 Å². The number of amides is 1. The highest BCUT2D eigenvalue weighted by atomic mass is 32.1. The highest BCUT2D eigenvalue weighted by Gasteiger charge is 2.08. The van der Waals surface area contributed by atoms with E-state index in [1.807, 2.05) is 47.8 Å². The molecule has 1 heterocycles. The molecule has 0 aliphatic heterocycles. The zero-order valence-corrected chi connectivity index (χ0v) is 13.1. The van der Waals surface area contributed by atoms with Gasteiger partial charge in [0.25, 0.3) is 0 Å². The van der Waals surface area contributed by atoms with Gasteiger partial charge in [-0.25, -0.2) is 4.98 Å². The lowest BCUT2D eigenvalue weighted by atomic mass is 10.1. The molecule has 0 saturated carbocycles. The van der Waals surface area contributed by atoms with E-state index in [1.54, 1.807) is 0 Å². The summed E-state index contributed by atoms with van der Waals surface area (Å²) in [4.78, 5) is 16.5. The van der Waals surface area contributed by atoms with Crippen LogP contribution >= 0.6 is 11.3 Å². The molecule has 0 radical (unpaired) electrons. The molecule has 1 aromatic heterocycles. The summed E-state index contributed by atoms with van der Waals surface area (Å²) in [7, 11) is 0. The van der Waals surface area contributed by atoms with Crippen molar-refractivity contribution in [2.45, 2.75) is 13.3 Å². The van der Waals surface area contributed by atoms with E-state index in [4.69, 9.17) is 0 Å². The minimum absolute atomic E-state index is 0.0454. The molecule has 1 amide bonds. The second-order valence-electron chi connectivity index (χ2n) is 5.11. The summed E-state index contributed by atoms with van der Waals surface area (Å²) < 4.78 is 0. The Bertz CT molecular complexity index is 763. The first-order valence-corrected chi connectivity index (χ1v) is 7.95. The molecule has 0 aliphatic rings. The van der Waals surface area contributed by atoms with Crippen LogP contribution in [0, 0.1) is 6.92 Å². The number of rotatable bonds is 4. The van der Waals surface area contributed by atoms with Gasteiger partial charge < -0.3 is 5.32 Å². The van der Waals surface area contributed by atoms with Crippen molar-refractivity contribution < 1.29 is 4.79 Å². The van der Waals surface area contributed by atoms with Gasteiger partial charge in [-0.15, -0.1) is 11.3 Å². The fraction of sp³-hybridized carbons (Fsp3) is 0.111. The molecular weight excluding hydrogens is 292 g/mol. The molecule has 0 fully saturated rings. The summed E-state index contributed by atoms with van der Waals surface area (Å²) in [6.07, 6.45) is 0.361. The Morgan fingerprint density at radius 1 is 1.09 bits per heavy atom. The van der Waals surface area contributed by atoms with Crippen LogP contribution in [0.2, 0.25) is 0 Å². The maximum atomic E-state index is 12.0. The van der Waals surface area contributed by atoms with Crippen LogP contribution in [0.3, 0.4) is 0 Å². The lowest BCUT2D eigenvalue weighted by Crippen LogP contribution is -2.14. The molecule has 0 aliphatic carbocycles. The average molecular weight is 308 g/mol. The third kappa shape index (κ3) is 3.59. The van der Waals surface area contributed by atoms with Gasteiger partial charge in [0.05, 0.1) is 12.1 Å². The number of aryl methyl sites for hydroxylation is 1. The van der Waals surface area contributed by atoms with Crippen molar-refractivity contribution in [3.63, 3.8) is 0 Å². The van der Waals surface area contributed by atoms with Gasteiger partial charge in [0.1, 0.15) is 0 Å². The number of thiazole rings is 1. The highest BCUT2D eigenvalue weighted by molar-refractivity contribution is 7.14. The molecule has 0 atom stereocenters. The second-order valence-corrected chi connectivity index (χ2v) is 5.97. The number of anilines is 1.